The van der Waals surface area contributed by atoms with Crippen molar-refractivity contribution in [1.29, 1.82) is 0 Å². The highest BCUT2D eigenvalue weighted by Crippen LogP contribution is 2.29. The van der Waals surface area contributed by atoms with Crippen molar-refractivity contribution < 1.29 is 4.92 Å². The highest BCUT2D eigenvalue weighted by atomic mass is 16.6. The quantitative estimate of drug-likeness (QED) is 0.517. The summed E-state index contributed by atoms with van der Waals surface area (Å²) in [5.41, 5.74) is 0.621. The van der Waals surface area contributed by atoms with E-state index in [1.807, 2.05) is 28.8 Å². The van der Waals surface area contributed by atoms with Crippen LogP contribution >= 0.6 is 0 Å². The molecule has 0 spiro atoms. The van der Waals surface area contributed by atoms with Crippen molar-refractivity contribution in [3.8, 4) is 0 Å². The van der Waals surface area contributed by atoms with Gasteiger partial charge >= 0.3 is 5.69 Å². The topological polar surface area (TPSA) is 123 Å². The van der Waals surface area contributed by atoms with E-state index < -0.39 is 4.92 Å². The Balaban J connectivity index is 1.54. The zero-order valence-electron chi connectivity index (χ0n) is 12.6. The van der Waals surface area contributed by atoms with E-state index in [1.165, 1.54) is 6.20 Å². The number of nitrogens with zero attached hydrogens (tertiary/aromatic N) is 6. The molecule has 2 N–H and O–H groups in total. The van der Waals surface area contributed by atoms with Crippen LogP contribution in [0.15, 0.2) is 30.6 Å². The molecule has 0 unspecified atom stereocenters. The van der Waals surface area contributed by atoms with E-state index in [1.54, 1.807) is 0 Å². The minimum absolute atomic E-state index is 0.125. The first-order chi connectivity index (χ1) is 11.7. The molecule has 0 saturated heterocycles. The molecule has 0 radical (unpaired) electrons. The van der Waals surface area contributed by atoms with E-state index in [4.69, 9.17) is 0 Å². The third kappa shape index (κ3) is 2.81. The van der Waals surface area contributed by atoms with Crippen LogP contribution in [-0.4, -0.2) is 35.5 Å². The molecule has 24 heavy (non-hydrogen) atoms. The fourth-order valence-corrected chi connectivity index (χ4v) is 2.29. The van der Waals surface area contributed by atoms with Gasteiger partial charge in [0.2, 0.25) is 11.8 Å². The van der Waals surface area contributed by atoms with Crippen LogP contribution in [0.3, 0.4) is 0 Å². The Morgan fingerprint density at radius 2 is 2.21 bits per heavy atom. The van der Waals surface area contributed by atoms with Crippen LogP contribution < -0.4 is 10.6 Å². The number of hydrogen-bond acceptors (Lipinski definition) is 8. The maximum Gasteiger partial charge on any atom is 0.329 e. The largest absolute Gasteiger partial charge is 0.361 e. The zero-order chi connectivity index (χ0) is 16.5. The minimum atomic E-state index is -0.486. The lowest BCUT2D eigenvalue weighted by atomic mass is 10.4. The van der Waals surface area contributed by atoms with E-state index in [0.29, 0.717) is 18.3 Å². The first-order valence-electron chi connectivity index (χ1n) is 7.51. The smallest absolute Gasteiger partial charge is 0.329 e. The lowest BCUT2D eigenvalue weighted by Gasteiger charge is -2.07. The van der Waals surface area contributed by atoms with Crippen molar-refractivity contribution in [2.45, 2.75) is 25.4 Å². The van der Waals surface area contributed by atoms with Crippen LogP contribution in [0, 0.1) is 10.1 Å². The van der Waals surface area contributed by atoms with Gasteiger partial charge in [-0.25, -0.2) is 4.98 Å². The van der Waals surface area contributed by atoms with Crippen LogP contribution in [-0.2, 0) is 6.54 Å². The summed E-state index contributed by atoms with van der Waals surface area (Å²) in [5.74, 6) is 1.24. The van der Waals surface area contributed by atoms with Gasteiger partial charge in [-0.05, 0) is 25.0 Å². The predicted octanol–water partition coefficient (Wildman–Crippen LogP) is 1.61. The van der Waals surface area contributed by atoms with E-state index in [9.17, 15) is 10.1 Å². The van der Waals surface area contributed by atoms with Crippen LogP contribution in [0.25, 0.3) is 5.65 Å². The Bertz CT molecular complexity index is 905. The van der Waals surface area contributed by atoms with Gasteiger partial charge in [0.1, 0.15) is 6.20 Å². The van der Waals surface area contributed by atoms with Gasteiger partial charge in [0.25, 0.3) is 0 Å². The molecule has 1 aliphatic carbocycles. The van der Waals surface area contributed by atoms with Gasteiger partial charge in [0, 0.05) is 12.2 Å². The van der Waals surface area contributed by atoms with Crippen LogP contribution in [0.2, 0.25) is 0 Å². The van der Waals surface area contributed by atoms with Gasteiger partial charge in [0.15, 0.2) is 11.5 Å². The summed E-state index contributed by atoms with van der Waals surface area (Å²) in [6, 6.07) is 5.89. The summed E-state index contributed by atoms with van der Waals surface area (Å²) in [7, 11) is 0. The lowest BCUT2D eigenvalue weighted by Crippen LogP contribution is -2.11. The SMILES string of the molecule is O=[N+]([O-])c1cnc(NCc2nnc3ccccn23)nc1NC1CC1. The molecule has 1 fully saturated rings. The number of nitro groups is 1. The van der Waals surface area contributed by atoms with E-state index in [2.05, 4.69) is 30.8 Å². The molecule has 122 valence electrons. The molecule has 3 heterocycles. The molecular formula is C14H14N8O2. The highest BCUT2D eigenvalue weighted by Gasteiger charge is 2.26. The summed E-state index contributed by atoms with van der Waals surface area (Å²) < 4.78 is 1.85. The van der Waals surface area contributed by atoms with E-state index in [-0.39, 0.29) is 17.5 Å². The van der Waals surface area contributed by atoms with Crippen molar-refractivity contribution in [3.63, 3.8) is 0 Å². The van der Waals surface area contributed by atoms with Crippen molar-refractivity contribution in [2.24, 2.45) is 0 Å². The number of pyridine rings is 1. The fourth-order valence-electron chi connectivity index (χ4n) is 2.29. The second-order valence-corrected chi connectivity index (χ2v) is 5.50. The molecule has 10 nitrogen and oxygen atoms in total. The molecule has 3 aromatic rings. The summed E-state index contributed by atoms with van der Waals surface area (Å²) in [4.78, 5) is 18.8. The summed E-state index contributed by atoms with van der Waals surface area (Å²) in [5, 5.41) is 25.3. The van der Waals surface area contributed by atoms with E-state index in [0.717, 1.165) is 18.5 Å². The highest BCUT2D eigenvalue weighted by molar-refractivity contribution is 5.58. The van der Waals surface area contributed by atoms with Gasteiger partial charge in [0.05, 0.1) is 11.5 Å². The van der Waals surface area contributed by atoms with Crippen molar-refractivity contribution in [3.05, 3.63) is 46.5 Å². The third-order valence-corrected chi connectivity index (χ3v) is 3.67. The molecule has 1 aliphatic rings. The van der Waals surface area contributed by atoms with Gasteiger partial charge in [-0.2, -0.15) is 4.98 Å². The summed E-state index contributed by atoms with van der Waals surface area (Å²) in [6.45, 7) is 0.353. The third-order valence-electron chi connectivity index (χ3n) is 3.67. The Labute approximate surface area is 136 Å². The molecule has 0 atom stereocenters. The summed E-state index contributed by atoms with van der Waals surface area (Å²) in [6.07, 6.45) is 5.07. The van der Waals surface area contributed by atoms with Gasteiger partial charge < -0.3 is 10.6 Å². The van der Waals surface area contributed by atoms with Crippen molar-refractivity contribution >= 4 is 23.1 Å². The lowest BCUT2D eigenvalue weighted by molar-refractivity contribution is -0.384. The first-order valence-corrected chi connectivity index (χ1v) is 7.51. The van der Waals surface area contributed by atoms with Gasteiger partial charge in [-0.3, -0.25) is 14.5 Å². The van der Waals surface area contributed by atoms with Crippen molar-refractivity contribution in [2.75, 3.05) is 10.6 Å². The van der Waals surface area contributed by atoms with Gasteiger partial charge in [-0.1, -0.05) is 6.07 Å². The van der Waals surface area contributed by atoms with Crippen LogP contribution in [0.4, 0.5) is 17.5 Å². The van der Waals surface area contributed by atoms with Gasteiger partial charge in [-0.15, -0.1) is 10.2 Å². The average Bonchev–Trinajstić information content (AvgIpc) is 3.30. The molecule has 0 aromatic carbocycles. The first kappa shape index (κ1) is 14.3. The molecule has 0 bridgehead atoms. The Kier molecular flexibility index (Phi) is 3.41. The second kappa shape index (κ2) is 5.72. The standard InChI is InChI=1S/C14H14N8O2/c23-22(24)10-7-15-14(18-13(10)17-9-4-5-9)16-8-12-20-19-11-3-1-2-6-21(11)12/h1-3,6-7,9H,4-5,8H2,(H2,15,16,17,18). The Morgan fingerprint density at radius 3 is 3.00 bits per heavy atom. The maximum atomic E-state index is 11.1. The molecule has 4 rings (SSSR count). The number of aromatic nitrogens is 5. The average molecular weight is 326 g/mol. The number of nitrogens with one attached hydrogen (secondary N) is 2. The molecule has 0 amide bonds. The normalized spacial score (nSPS) is 13.8. The Hall–Kier alpha value is -3.30. The molecular weight excluding hydrogens is 312 g/mol. The monoisotopic (exact) mass is 326 g/mol. The predicted molar refractivity (Wildman–Crippen MR) is 85.6 cm³/mol. The number of rotatable bonds is 6. The van der Waals surface area contributed by atoms with Crippen molar-refractivity contribution in [1.82, 2.24) is 24.6 Å². The molecule has 0 aliphatic heterocycles. The minimum Gasteiger partial charge on any atom is -0.361 e. The molecule has 1 saturated carbocycles. The zero-order valence-corrected chi connectivity index (χ0v) is 12.6. The Morgan fingerprint density at radius 1 is 1.33 bits per heavy atom. The second-order valence-electron chi connectivity index (χ2n) is 5.50. The van der Waals surface area contributed by atoms with Crippen LogP contribution in [0.5, 0.6) is 0 Å². The van der Waals surface area contributed by atoms with Crippen LogP contribution in [0.1, 0.15) is 18.7 Å². The number of fused-ring (bicyclic) bond motifs is 1. The molecule has 3 aromatic heterocycles. The summed E-state index contributed by atoms with van der Waals surface area (Å²) >= 11 is 0. The van der Waals surface area contributed by atoms with E-state index >= 15 is 0 Å². The molecule has 10 heteroatoms. The fraction of sp³-hybridized carbons (Fsp3) is 0.286. The maximum absolute atomic E-state index is 11.1. The number of hydrogen-bond donors (Lipinski definition) is 2. The number of anilines is 2.